The van der Waals surface area contributed by atoms with E-state index in [-0.39, 0.29) is 0 Å². The Hall–Kier alpha value is -1.16. The number of nitrogens with one attached hydrogen (secondary N) is 1. The van der Waals surface area contributed by atoms with Gasteiger partial charge in [0.15, 0.2) is 0 Å². The number of hydrogen-bond donors (Lipinski definition) is 1. The molecular formula is C16H24N2O. The van der Waals surface area contributed by atoms with E-state index in [1.54, 1.807) is 0 Å². The van der Waals surface area contributed by atoms with Crippen molar-refractivity contribution in [3.8, 4) is 0 Å². The second kappa shape index (κ2) is 8.10. The predicted molar refractivity (Wildman–Crippen MR) is 79.3 cm³/mol. The van der Waals surface area contributed by atoms with E-state index in [0.717, 1.165) is 45.8 Å². The number of piperazine rings is 1. The van der Waals surface area contributed by atoms with Crippen molar-refractivity contribution < 1.29 is 4.74 Å². The maximum absolute atomic E-state index is 5.58. The molecule has 1 aromatic rings. The van der Waals surface area contributed by atoms with Crippen LogP contribution in [0.25, 0.3) is 0 Å². The van der Waals surface area contributed by atoms with Gasteiger partial charge in [0.1, 0.15) is 0 Å². The molecule has 0 aliphatic carbocycles. The molecule has 19 heavy (non-hydrogen) atoms. The van der Waals surface area contributed by atoms with E-state index in [0.29, 0.717) is 6.04 Å². The lowest BCUT2D eigenvalue weighted by atomic mass is 10.0. The fraction of sp³-hybridized carbons (Fsp3) is 0.500. The molecule has 3 heteroatoms. The minimum Gasteiger partial charge on any atom is -0.380 e. The molecule has 1 fully saturated rings. The molecule has 0 radical (unpaired) electrons. The van der Waals surface area contributed by atoms with Gasteiger partial charge in [-0.3, -0.25) is 4.90 Å². The van der Waals surface area contributed by atoms with E-state index in [1.807, 2.05) is 6.08 Å². The van der Waals surface area contributed by atoms with Crippen molar-refractivity contribution in [3.05, 3.63) is 48.6 Å². The Morgan fingerprint density at radius 2 is 2.16 bits per heavy atom. The van der Waals surface area contributed by atoms with Gasteiger partial charge in [0.2, 0.25) is 0 Å². The van der Waals surface area contributed by atoms with Crippen molar-refractivity contribution in [1.82, 2.24) is 10.2 Å². The van der Waals surface area contributed by atoms with E-state index in [4.69, 9.17) is 4.74 Å². The number of hydrogen-bond acceptors (Lipinski definition) is 3. The summed E-state index contributed by atoms with van der Waals surface area (Å²) >= 11 is 0. The van der Waals surface area contributed by atoms with Crippen LogP contribution in [0.15, 0.2) is 43.0 Å². The summed E-state index contributed by atoms with van der Waals surface area (Å²) in [4.78, 5) is 2.47. The molecule has 0 saturated carbocycles. The molecule has 3 nitrogen and oxygen atoms in total. The van der Waals surface area contributed by atoms with Crippen LogP contribution in [0.3, 0.4) is 0 Å². The predicted octanol–water partition coefficient (Wildman–Crippen LogP) is 2.23. The van der Waals surface area contributed by atoms with E-state index in [1.165, 1.54) is 5.56 Å². The second-order valence-corrected chi connectivity index (χ2v) is 4.91. The lowest BCUT2D eigenvalue weighted by Crippen LogP contribution is -2.46. The first-order valence-electron chi connectivity index (χ1n) is 7.09. The first-order valence-corrected chi connectivity index (χ1v) is 7.09. The molecule has 2 rings (SSSR count). The summed E-state index contributed by atoms with van der Waals surface area (Å²) in [5.74, 6) is 0. The Balaban J connectivity index is 1.73. The molecular weight excluding hydrogens is 236 g/mol. The molecule has 1 saturated heterocycles. The maximum Gasteiger partial charge on any atom is 0.0593 e. The van der Waals surface area contributed by atoms with Crippen LogP contribution < -0.4 is 5.32 Å². The van der Waals surface area contributed by atoms with Gasteiger partial charge in [0.05, 0.1) is 13.2 Å². The highest BCUT2D eigenvalue weighted by Crippen LogP contribution is 2.16. The Morgan fingerprint density at radius 3 is 2.95 bits per heavy atom. The van der Waals surface area contributed by atoms with E-state index in [9.17, 15) is 0 Å². The summed E-state index contributed by atoms with van der Waals surface area (Å²) in [5, 5.41) is 3.58. The molecule has 1 aromatic carbocycles. The van der Waals surface area contributed by atoms with Crippen molar-refractivity contribution in [2.24, 2.45) is 0 Å². The van der Waals surface area contributed by atoms with Crippen LogP contribution in [0.4, 0.5) is 0 Å². The van der Waals surface area contributed by atoms with Gasteiger partial charge in [-0.15, -0.1) is 6.58 Å². The maximum atomic E-state index is 5.58. The molecule has 0 aromatic heterocycles. The van der Waals surface area contributed by atoms with E-state index < -0.39 is 0 Å². The lowest BCUT2D eigenvalue weighted by molar-refractivity contribution is 0.0943. The largest absolute Gasteiger partial charge is 0.380 e. The standard InChI is InChI=1S/C16H24N2O/c1-2-3-12-19-13-11-18-10-9-17-16(14-18)15-7-5-4-6-8-15/h2,4-8,16-17H,1,3,9-14H2. The fourth-order valence-electron chi connectivity index (χ4n) is 2.39. The molecule has 104 valence electrons. The van der Waals surface area contributed by atoms with Crippen molar-refractivity contribution >= 4 is 0 Å². The first-order chi connectivity index (χ1) is 9.40. The van der Waals surface area contributed by atoms with Crippen LogP contribution in [0.1, 0.15) is 18.0 Å². The second-order valence-electron chi connectivity index (χ2n) is 4.91. The zero-order chi connectivity index (χ0) is 13.3. The average Bonchev–Trinajstić information content (AvgIpc) is 2.48. The smallest absolute Gasteiger partial charge is 0.0593 e. The first kappa shape index (κ1) is 14.3. The van der Waals surface area contributed by atoms with Gasteiger partial charge in [-0.1, -0.05) is 36.4 Å². The highest BCUT2D eigenvalue weighted by Gasteiger charge is 2.19. The normalized spacial score (nSPS) is 20.3. The van der Waals surface area contributed by atoms with Crippen molar-refractivity contribution in [2.45, 2.75) is 12.5 Å². The van der Waals surface area contributed by atoms with Crippen LogP contribution in [-0.2, 0) is 4.74 Å². The van der Waals surface area contributed by atoms with Crippen LogP contribution in [0.2, 0.25) is 0 Å². The van der Waals surface area contributed by atoms with Gasteiger partial charge in [0.25, 0.3) is 0 Å². The Kier molecular flexibility index (Phi) is 6.08. The fourth-order valence-corrected chi connectivity index (χ4v) is 2.39. The highest BCUT2D eigenvalue weighted by molar-refractivity contribution is 5.19. The quantitative estimate of drug-likeness (QED) is 0.601. The molecule has 1 aliphatic heterocycles. The summed E-state index contributed by atoms with van der Waals surface area (Å²) in [6, 6.07) is 11.1. The number of ether oxygens (including phenoxy) is 1. The zero-order valence-electron chi connectivity index (χ0n) is 11.6. The molecule has 0 amide bonds. The minimum atomic E-state index is 0.447. The molecule has 0 bridgehead atoms. The van der Waals surface area contributed by atoms with Gasteiger partial charge >= 0.3 is 0 Å². The third-order valence-corrected chi connectivity index (χ3v) is 3.48. The van der Waals surface area contributed by atoms with Crippen molar-refractivity contribution in [2.75, 3.05) is 39.4 Å². The number of benzene rings is 1. The van der Waals surface area contributed by atoms with Gasteiger partial charge < -0.3 is 10.1 Å². The molecule has 1 unspecified atom stereocenters. The molecule has 1 atom stereocenters. The number of rotatable bonds is 7. The highest BCUT2D eigenvalue weighted by atomic mass is 16.5. The SMILES string of the molecule is C=CCCOCCN1CCNC(c2ccccc2)C1. The molecule has 0 spiro atoms. The topological polar surface area (TPSA) is 24.5 Å². The van der Waals surface area contributed by atoms with Crippen LogP contribution in [0, 0.1) is 0 Å². The lowest BCUT2D eigenvalue weighted by Gasteiger charge is -2.33. The minimum absolute atomic E-state index is 0.447. The van der Waals surface area contributed by atoms with Crippen LogP contribution in [-0.4, -0.2) is 44.3 Å². The molecule has 1 heterocycles. The Morgan fingerprint density at radius 1 is 1.32 bits per heavy atom. The van der Waals surface area contributed by atoms with Crippen LogP contribution in [0.5, 0.6) is 0 Å². The monoisotopic (exact) mass is 260 g/mol. The summed E-state index contributed by atoms with van der Waals surface area (Å²) < 4.78 is 5.58. The molecule has 1 N–H and O–H groups in total. The van der Waals surface area contributed by atoms with Gasteiger partial charge in [0, 0.05) is 32.2 Å². The van der Waals surface area contributed by atoms with Gasteiger partial charge in [-0.25, -0.2) is 0 Å². The van der Waals surface area contributed by atoms with E-state index in [2.05, 4.69) is 47.1 Å². The van der Waals surface area contributed by atoms with Crippen LogP contribution >= 0.6 is 0 Å². The van der Waals surface area contributed by atoms with Crippen molar-refractivity contribution in [3.63, 3.8) is 0 Å². The summed E-state index contributed by atoms with van der Waals surface area (Å²) in [7, 11) is 0. The van der Waals surface area contributed by atoms with E-state index >= 15 is 0 Å². The van der Waals surface area contributed by atoms with Gasteiger partial charge in [-0.2, -0.15) is 0 Å². The Bertz CT molecular complexity index is 366. The Labute approximate surface area is 116 Å². The average molecular weight is 260 g/mol. The summed E-state index contributed by atoms with van der Waals surface area (Å²) in [6.07, 6.45) is 2.84. The zero-order valence-corrected chi connectivity index (χ0v) is 11.6. The van der Waals surface area contributed by atoms with Gasteiger partial charge in [-0.05, 0) is 12.0 Å². The summed E-state index contributed by atoms with van der Waals surface area (Å²) in [6.45, 7) is 9.53. The third-order valence-electron chi connectivity index (χ3n) is 3.48. The van der Waals surface area contributed by atoms with Crippen molar-refractivity contribution in [1.29, 1.82) is 0 Å². The molecule has 1 aliphatic rings. The summed E-state index contributed by atoms with van der Waals surface area (Å²) in [5.41, 5.74) is 1.37. The third kappa shape index (κ3) is 4.78. The number of nitrogens with zero attached hydrogens (tertiary/aromatic N) is 1.